The van der Waals surface area contributed by atoms with Crippen molar-refractivity contribution in [1.29, 1.82) is 0 Å². The topological polar surface area (TPSA) is 55.6 Å². The molecule has 1 aliphatic heterocycles. The van der Waals surface area contributed by atoms with E-state index in [1.807, 2.05) is 42.5 Å². The molecule has 2 aromatic carbocycles. The van der Waals surface area contributed by atoms with Gasteiger partial charge in [-0.15, -0.1) is 0 Å². The van der Waals surface area contributed by atoms with Crippen LogP contribution in [0.15, 0.2) is 42.5 Å². The highest BCUT2D eigenvalue weighted by Crippen LogP contribution is 2.27. The molecule has 1 heterocycles. The van der Waals surface area contributed by atoms with Crippen molar-refractivity contribution < 1.29 is 9.53 Å². The molecule has 0 bridgehead atoms. The number of carbonyl (C=O) groups excluding carboxylic acids is 1. The molecular weight excluding hydrogens is 264 g/mol. The van der Waals surface area contributed by atoms with Gasteiger partial charge in [0, 0.05) is 31.3 Å². The first kappa shape index (κ1) is 13.6. The lowest BCUT2D eigenvalue weighted by molar-refractivity contribution is 0.0993. The summed E-state index contributed by atoms with van der Waals surface area (Å²) in [4.78, 5) is 14.3. The summed E-state index contributed by atoms with van der Waals surface area (Å²) in [7, 11) is 1.78. The third-order valence-electron chi connectivity index (χ3n) is 3.81. The van der Waals surface area contributed by atoms with Crippen molar-refractivity contribution in [3.63, 3.8) is 0 Å². The van der Waals surface area contributed by atoms with E-state index in [1.165, 1.54) is 0 Å². The Balaban J connectivity index is 1.91. The number of carbonyl (C=O) groups is 1. The van der Waals surface area contributed by atoms with Gasteiger partial charge >= 0.3 is 0 Å². The summed E-state index contributed by atoms with van der Waals surface area (Å²) in [6.45, 7) is 1.10. The van der Waals surface area contributed by atoms with Crippen LogP contribution in [-0.4, -0.2) is 19.6 Å². The molecule has 1 aliphatic rings. The lowest BCUT2D eigenvalue weighted by atomic mass is 10.1. The first-order chi connectivity index (χ1) is 10.2. The van der Waals surface area contributed by atoms with Gasteiger partial charge in [-0.1, -0.05) is 18.2 Å². The summed E-state index contributed by atoms with van der Waals surface area (Å²) in [5.41, 5.74) is 9.32. The molecular formula is C17H18N2O2. The Morgan fingerprint density at radius 1 is 1.29 bits per heavy atom. The minimum atomic E-state index is -0.0365. The SMILES string of the molecule is CN(C(=O)c1ccc2c(c1)CCO2)c1ccccc1CN. The predicted octanol–water partition coefficient (Wildman–Crippen LogP) is 2.36. The zero-order valence-electron chi connectivity index (χ0n) is 12.0. The monoisotopic (exact) mass is 282 g/mol. The third kappa shape index (κ3) is 2.50. The normalized spacial score (nSPS) is 12.7. The average molecular weight is 282 g/mol. The second-order valence-corrected chi connectivity index (χ2v) is 5.12. The van der Waals surface area contributed by atoms with E-state index in [-0.39, 0.29) is 5.91 Å². The molecule has 21 heavy (non-hydrogen) atoms. The summed E-state index contributed by atoms with van der Waals surface area (Å²) in [5.74, 6) is 0.849. The van der Waals surface area contributed by atoms with Crippen LogP contribution in [0.4, 0.5) is 5.69 Å². The Labute approximate surface area is 124 Å². The first-order valence-corrected chi connectivity index (χ1v) is 7.02. The zero-order valence-corrected chi connectivity index (χ0v) is 12.0. The lowest BCUT2D eigenvalue weighted by Crippen LogP contribution is -2.27. The number of rotatable bonds is 3. The number of amides is 1. The lowest BCUT2D eigenvalue weighted by Gasteiger charge is -2.20. The van der Waals surface area contributed by atoms with Crippen molar-refractivity contribution in [2.45, 2.75) is 13.0 Å². The van der Waals surface area contributed by atoms with Gasteiger partial charge in [0.05, 0.1) is 6.61 Å². The van der Waals surface area contributed by atoms with Crippen molar-refractivity contribution in [3.8, 4) is 5.75 Å². The first-order valence-electron chi connectivity index (χ1n) is 7.02. The number of anilines is 1. The number of benzene rings is 2. The minimum Gasteiger partial charge on any atom is -0.493 e. The Morgan fingerprint density at radius 3 is 2.90 bits per heavy atom. The van der Waals surface area contributed by atoms with Crippen LogP contribution in [-0.2, 0) is 13.0 Å². The number of ether oxygens (including phenoxy) is 1. The van der Waals surface area contributed by atoms with Crippen LogP contribution in [0.25, 0.3) is 0 Å². The third-order valence-corrected chi connectivity index (χ3v) is 3.81. The number of para-hydroxylation sites is 1. The molecule has 0 spiro atoms. The Bertz CT molecular complexity index is 682. The predicted molar refractivity (Wildman–Crippen MR) is 82.7 cm³/mol. The fraction of sp³-hybridized carbons (Fsp3) is 0.235. The molecule has 0 atom stereocenters. The molecule has 4 nitrogen and oxygen atoms in total. The standard InChI is InChI=1S/C17H18N2O2/c1-19(15-5-3-2-4-14(15)11-18)17(20)13-6-7-16-12(10-13)8-9-21-16/h2-7,10H,8-9,11,18H2,1H3. The summed E-state index contributed by atoms with van der Waals surface area (Å²) >= 11 is 0. The summed E-state index contributed by atoms with van der Waals surface area (Å²) in [5, 5.41) is 0. The maximum absolute atomic E-state index is 12.7. The van der Waals surface area contributed by atoms with Gasteiger partial charge in [0.15, 0.2) is 0 Å². The summed E-state index contributed by atoms with van der Waals surface area (Å²) in [6.07, 6.45) is 0.861. The van der Waals surface area contributed by atoms with Gasteiger partial charge < -0.3 is 15.4 Å². The molecule has 2 aromatic rings. The zero-order chi connectivity index (χ0) is 14.8. The highest BCUT2D eigenvalue weighted by atomic mass is 16.5. The maximum atomic E-state index is 12.7. The number of nitrogens with zero attached hydrogens (tertiary/aromatic N) is 1. The average Bonchev–Trinajstić information content (AvgIpc) is 3.00. The van der Waals surface area contributed by atoms with Crippen molar-refractivity contribution >= 4 is 11.6 Å². The van der Waals surface area contributed by atoms with E-state index in [0.29, 0.717) is 18.7 Å². The fourth-order valence-electron chi connectivity index (χ4n) is 2.63. The summed E-state index contributed by atoms with van der Waals surface area (Å²) in [6, 6.07) is 13.3. The van der Waals surface area contributed by atoms with E-state index in [1.54, 1.807) is 11.9 Å². The van der Waals surface area contributed by atoms with E-state index < -0.39 is 0 Å². The molecule has 0 saturated carbocycles. The second kappa shape index (κ2) is 5.58. The van der Waals surface area contributed by atoms with Crippen LogP contribution >= 0.6 is 0 Å². The van der Waals surface area contributed by atoms with Crippen LogP contribution in [0.3, 0.4) is 0 Å². The molecule has 0 aliphatic carbocycles. The van der Waals surface area contributed by atoms with Crippen LogP contribution < -0.4 is 15.4 Å². The van der Waals surface area contributed by atoms with Crippen molar-refractivity contribution in [3.05, 3.63) is 59.2 Å². The minimum absolute atomic E-state index is 0.0365. The fourth-order valence-corrected chi connectivity index (χ4v) is 2.63. The van der Waals surface area contributed by atoms with E-state index in [4.69, 9.17) is 10.5 Å². The van der Waals surface area contributed by atoms with Crippen molar-refractivity contribution in [1.82, 2.24) is 0 Å². The molecule has 0 fully saturated rings. The van der Waals surface area contributed by atoms with Crippen molar-refractivity contribution in [2.24, 2.45) is 5.73 Å². The highest BCUT2D eigenvalue weighted by Gasteiger charge is 2.19. The van der Waals surface area contributed by atoms with Gasteiger partial charge in [-0.3, -0.25) is 4.79 Å². The molecule has 0 saturated heterocycles. The van der Waals surface area contributed by atoms with Gasteiger partial charge in [-0.25, -0.2) is 0 Å². The molecule has 4 heteroatoms. The molecule has 3 rings (SSSR count). The van der Waals surface area contributed by atoms with Gasteiger partial charge in [-0.2, -0.15) is 0 Å². The van der Waals surface area contributed by atoms with E-state index in [9.17, 15) is 4.79 Å². The number of nitrogens with two attached hydrogens (primary N) is 1. The molecule has 0 aromatic heterocycles. The number of fused-ring (bicyclic) bond motifs is 1. The van der Waals surface area contributed by atoms with Gasteiger partial charge in [0.1, 0.15) is 5.75 Å². The van der Waals surface area contributed by atoms with Crippen LogP contribution in [0.5, 0.6) is 5.75 Å². The van der Waals surface area contributed by atoms with Crippen LogP contribution in [0.1, 0.15) is 21.5 Å². The second-order valence-electron chi connectivity index (χ2n) is 5.12. The van der Waals surface area contributed by atoms with Gasteiger partial charge in [-0.05, 0) is 35.4 Å². The van der Waals surface area contributed by atoms with E-state index in [0.717, 1.165) is 29.0 Å². The van der Waals surface area contributed by atoms with E-state index in [2.05, 4.69) is 0 Å². The van der Waals surface area contributed by atoms with Gasteiger partial charge in [0.25, 0.3) is 5.91 Å². The maximum Gasteiger partial charge on any atom is 0.258 e. The Morgan fingerprint density at radius 2 is 2.10 bits per heavy atom. The number of hydrogen-bond donors (Lipinski definition) is 1. The van der Waals surface area contributed by atoms with Gasteiger partial charge in [0.2, 0.25) is 0 Å². The smallest absolute Gasteiger partial charge is 0.258 e. The quantitative estimate of drug-likeness (QED) is 0.940. The van der Waals surface area contributed by atoms with Crippen molar-refractivity contribution in [2.75, 3.05) is 18.6 Å². The molecule has 0 radical (unpaired) electrons. The summed E-state index contributed by atoms with van der Waals surface area (Å²) < 4.78 is 5.47. The molecule has 2 N–H and O–H groups in total. The highest BCUT2D eigenvalue weighted by molar-refractivity contribution is 6.06. The Hall–Kier alpha value is -2.33. The largest absolute Gasteiger partial charge is 0.493 e. The number of hydrogen-bond acceptors (Lipinski definition) is 3. The van der Waals surface area contributed by atoms with E-state index >= 15 is 0 Å². The Kier molecular flexibility index (Phi) is 3.62. The molecule has 1 amide bonds. The van der Waals surface area contributed by atoms with Crippen LogP contribution in [0, 0.1) is 0 Å². The van der Waals surface area contributed by atoms with Crippen LogP contribution in [0.2, 0.25) is 0 Å². The molecule has 108 valence electrons. The molecule has 0 unspecified atom stereocenters.